The summed E-state index contributed by atoms with van der Waals surface area (Å²) in [5.41, 5.74) is 1.22. The van der Waals surface area contributed by atoms with Gasteiger partial charge in [-0.1, -0.05) is 41.6 Å². The number of halogens is 2. The van der Waals surface area contributed by atoms with Crippen molar-refractivity contribution in [1.82, 2.24) is 4.90 Å². The molecule has 1 unspecified atom stereocenters. The third kappa shape index (κ3) is 4.18. The largest absolute Gasteiger partial charge is 0.459 e. The molecule has 1 aliphatic rings. The van der Waals surface area contributed by atoms with E-state index in [1.807, 2.05) is 0 Å². The van der Waals surface area contributed by atoms with Crippen LogP contribution in [0.25, 0.3) is 0 Å². The molecular formula is C22H18F2N2O3. The number of hydrogen-bond acceptors (Lipinski definition) is 4. The van der Waals surface area contributed by atoms with E-state index in [1.54, 1.807) is 48.5 Å². The highest BCUT2D eigenvalue weighted by Gasteiger charge is 2.29. The summed E-state index contributed by atoms with van der Waals surface area (Å²) in [6.07, 6.45) is 1.26. The van der Waals surface area contributed by atoms with Gasteiger partial charge >= 0.3 is 0 Å². The van der Waals surface area contributed by atoms with Crippen LogP contribution in [0.1, 0.15) is 28.1 Å². The molecule has 0 bridgehead atoms. The Labute approximate surface area is 166 Å². The molecule has 5 nitrogen and oxygen atoms in total. The Hall–Kier alpha value is -3.48. The number of carbonyl (C=O) groups excluding carboxylic acids is 1. The minimum Gasteiger partial charge on any atom is -0.459 e. The number of oxime groups is 1. The van der Waals surface area contributed by atoms with Gasteiger partial charge in [-0.05, 0) is 24.3 Å². The fraction of sp³-hybridized carbons (Fsp3) is 0.182. The van der Waals surface area contributed by atoms with E-state index in [9.17, 15) is 13.6 Å². The van der Waals surface area contributed by atoms with E-state index < -0.39 is 11.9 Å². The average molecular weight is 396 g/mol. The second-order valence-corrected chi connectivity index (χ2v) is 6.70. The summed E-state index contributed by atoms with van der Waals surface area (Å²) < 4.78 is 33.4. The average Bonchev–Trinajstić information content (AvgIpc) is 3.41. The lowest BCUT2D eigenvalue weighted by molar-refractivity contribution is 0.0385. The van der Waals surface area contributed by atoms with Gasteiger partial charge in [-0.25, -0.2) is 8.78 Å². The molecule has 4 rings (SSSR count). The third-order valence-corrected chi connectivity index (χ3v) is 4.68. The Morgan fingerprint density at radius 2 is 1.79 bits per heavy atom. The summed E-state index contributed by atoms with van der Waals surface area (Å²) in [6.45, 7) is 0.191. The molecule has 2 aromatic carbocycles. The van der Waals surface area contributed by atoms with E-state index in [1.165, 1.54) is 23.3 Å². The van der Waals surface area contributed by atoms with Gasteiger partial charge in [0, 0.05) is 24.1 Å². The predicted molar refractivity (Wildman–Crippen MR) is 102 cm³/mol. The Morgan fingerprint density at radius 3 is 2.52 bits per heavy atom. The van der Waals surface area contributed by atoms with Gasteiger partial charge in [0.05, 0.1) is 18.5 Å². The first-order valence-electron chi connectivity index (χ1n) is 9.15. The molecule has 0 aliphatic carbocycles. The van der Waals surface area contributed by atoms with Crippen molar-refractivity contribution in [2.45, 2.75) is 19.1 Å². The quantitative estimate of drug-likeness (QED) is 0.621. The molecular weight excluding hydrogens is 378 g/mol. The van der Waals surface area contributed by atoms with Gasteiger partial charge in [0.2, 0.25) is 0 Å². The maximum atomic E-state index is 14.1. The fourth-order valence-corrected chi connectivity index (χ4v) is 3.23. The summed E-state index contributed by atoms with van der Waals surface area (Å²) in [5, 5.41) is 3.99. The highest BCUT2D eigenvalue weighted by Crippen LogP contribution is 2.22. The van der Waals surface area contributed by atoms with Crippen LogP contribution >= 0.6 is 0 Å². The molecule has 0 saturated carbocycles. The summed E-state index contributed by atoms with van der Waals surface area (Å²) in [6, 6.07) is 15.7. The van der Waals surface area contributed by atoms with Crippen LogP contribution in [0.5, 0.6) is 0 Å². The van der Waals surface area contributed by atoms with E-state index in [4.69, 9.17) is 9.25 Å². The zero-order valence-corrected chi connectivity index (χ0v) is 15.4. The maximum absolute atomic E-state index is 14.1. The second-order valence-electron chi connectivity index (χ2n) is 6.70. The Bertz CT molecular complexity index is 1030. The first-order valence-corrected chi connectivity index (χ1v) is 9.15. The van der Waals surface area contributed by atoms with Gasteiger partial charge in [0.1, 0.15) is 11.6 Å². The van der Waals surface area contributed by atoms with Crippen LogP contribution in [0.3, 0.4) is 0 Å². The molecule has 1 atom stereocenters. The summed E-state index contributed by atoms with van der Waals surface area (Å²) in [4.78, 5) is 19.8. The number of hydrogen-bond donors (Lipinski definition) is 0. The molecule has 0 radical (unpaired) electrons. The van der Waals surface area contributed by atoms with Crippen molar-refractivity contribution in [2.75, 3.05) is 6.54 Å². The normalized spacial score (nSPS) is 15.7. The SMILES string of the molecule is O=C(c1ccco1)N(Cc1ccccc1F)CC1CC(c2ccccc2F)=NO1. The summed E-state index contributed by atoms with van der Waals surface area (Å²) >= 11 is 0. The zero-order valence-electron chi connectivity index (χ0n) is 15.4. The van der Waals surface area contributed by atoms with Crippen molar-refractivity contribution in [2.24, 2.45) is 5.16 Å². The third-order valence-electron chi connectivity index (χ3n) is 4.68. The van der Waals surface area contributed by atoms with Gasteiger partial charge in [0.15, 0.2) is 11.9 Å². The first kappa shape index (κ1) is 18.9. The molecule has 0 fully saturated rings. The van der Waals surface area contributed by atoms with Crippen LogP contribution in [-0.2, 0) is 11.4 Å². The van der Waals surface area contributed by atoms with Gasteiger partial charge < -0.3 is 14.2 Å². The molecule has 2 heterocycles. The van der Waals surface area contributed by atoms with Crippen LogP contribution in [0, 0.1) is 11.6 Å². The lowest BCUT2D eigenvalue weighted by atomic mass is 10.0. The number of benzene rings is 2. The van der Waals surface area contributed by atoms with Crippen LogP contribution in [0.4, 0.5) is 8.78 Å². The predicted octanol–water partition coefficient (Wildman–Crippen LogP) is 4.39. The van der Waals surface area contributed by atoms with Crippen LogP contribution in [0.15, 0.2) is 76.5 Å². The van der Waals surface area contributed by atoms with Crippen molar-refractivity contribution in [3.8, 4) is 0 Å². The molecule has 29 heavy (non-hydrogen) atoms. The Kier molecular flexibility index (Phi) is 5.37. The van der Waals surface area contributed by atoms with Gasteiger partial charge in [-0.3, -0.25) is 4.79 Å². The van der Waals surface area contributed by atoms with Crippen molar-refractivity contribution < 1.29 is 22.8 Å². The second kappa shape index (κ2) is 8.26. The monoisotopic (exact) mass is 396 g/mol. The molecule has 0 N–H and O–H groups in total. The van der Waals surface area contributed by atoms with Crippen LogP contribution in [-0.4, -0.2) is 29.2 Å². The maximum Gasteiger partial charge on any atom is 0.289 e. The molecule has 1 aliphatic heterocycles. The van der Waals surface area contributed by atoms with E-state index >= 15 is 0 Å². The highest BCUT2D eigenvalue weighted by molar-refractivity contribution is 6.01. The van der Waals surface area contributed by atoms with Gasteiger partial charge in [-0.15, -0.1) is 0 Å². The molecule has 0 saturated heterocycles. The number of furan rings is 1. The lowest BCUT2D eigenvalue weighted by Gasteiger charge is -2.24. The van der Waals surface area contributed by atoms with Crippen molar-refractivity contribution in [3.05, 3.63) is 95.4 Å². The standard InChI is InChI=1S/C22H18F2N2O3/c23-18-8-3-1-6-15(18)13-26(22(27)21-10-5-11-28-21)14-16-12-20(25-29-16)17-7-2-4-9-19(17)24/h1-11,16H,12-14H2. The number of carbonyl (C=O) groups is 1. The smallest absolute Gasteiger partial charge is 0.289 e. The number of rotatable bonds is 6. The number of nitrogens with zero attached hydrogens (tertiary/aromatic N) is 2. The van der Waals surface area contributed by atoms with E-state index in [2.05, 4.69) is 5.16 Å². The van der Waals surface area contributed by atoms with Crippen molar-refractivity contribution in [1.29, 1.82) is 0 Å². The molecule has 148 valence electrons. The van der Waals surface area contributed by atoms with Gasteiger partial charge in [0.25, 0.3) is 5.91 Å². The molecule has 3 aromatic rings. The molecule has 0 spiro atoms. The minimum absolute atomic E-state index is 0.0428. The van der Waals surface area contributed by atoms with Crippen molar-refractivity contribution >= 4 is 11.6 Å². The first-order chi connectivity index (χ1) is 14.1. The van der Waals surface area contributed by atoms with Crippen LogP contribution in [0.2, 0.25) is 0 Å². The van der Waals surface area contributed by atoms with Gasteiger partial charge in [-0.2, -0.15) is 0 Å². The molecule has 1 aromatic heterocycles. The lowest BCUT2D eigenvalue weighted by Crippen LogP contribution is -2.37. The minimum atomic E-state index is -0.477. The highest BCUT2D eigenvalue weighted by atomic mass is 19.1. The molecule has 7 heteroatoms. The molecule has 1 amide bonds. The Morgan fingerprint density at radius 1 is 1.03 bits per heavy atom. The van der Waals surface area contributed by atoms with E-state index in [0.717, 1.165) is 0 Å². The van der Waals surface area contributed by atoms with Crippen molar-refractivity contribution in [3.63, 3.8) is 0 Å². The van der Waals surface area contributed by atoms with E-state index in [0.29, 0.717) is 23.3 Å². The Balaban J connectivity index is 1.51. The zero-order chi connectivity index (χ0) is 20.2. The fourth-order valence-electron chi connectivity index (χ4n) is 3.23. The topological polar surface area (TPSA) is 55.0 Å². The van der Waals surface area contributed by atoms with Crippen LogP contribution < -0.4 is 0 Å². The summed E-state index contributed by atoms with van der Waals surface area (Å²) in [7, 11) is 0. The number of amides is 1. The van der Waals surface area contributed by atoms with E-state index in [-0.39, 0.29) is 30.6 Å². The summed E-state index contributed by atoms with van der Waals surface area (Å²) in [5.74, 6) is -1.03.